The Kier molecular flexibility index (Phi) is 46.0. The summed E-state index contributed by atoms with van der Waals surface area (Å²) in [4.78, 5) is 12.4. The third kappa shape index (κ3) is 41.3. The highest BCUT2D eigenvalue weighted by Gasteiger charge is 2.26. The Labute approximate surface area is 350 Å². The van der Waals surface area contributed by atoms with Crippen molar-refractivity contribution in [2.75, 3.05) is 6.61 Å². The monoisotopic (exact) mass is 792 g/mol. The molecule has 0 aliphatic rings. The van der Waals surface area contributed by atoms with Crippen molar-refractivity contribution in [2.24, 2.45) is 0 Å². The quantitative estimate of drug-likeness (QED) is 0.0365. The summed E-state index contributed by atoms with van der Waals surface area (Å²) in [5, 5.41) is 33.4. The number of allylic oxidation sites excluding steroid dienone is 2. The van der Waals surface area contributed by atoms with Crippen molar-refractivity contribution in [2.45, 2.75) is 302 Å². The number of unbranched alkanes of at least 4 members (excludes halogenated alkanes) is 37. The SMILES string of the molecule is CCCCCCC/C=C/CCCC(O)C(O)C(CO)NC(=O)CCCCCCCCCCCCCCCCCCCCCCCCCCCCCCCCCC. The van der Waals surface area contributed by atoms with Crippen molar-refractivity contribution in [1.82, 2.24) is 5.32 Å². The number of amides is 1. The van der Waals surface area contributed by atoms with E-state index >= 15 is 0 Å². The minimum absolute atomic E-state index is 0.150. The van der Waals surface area contributed by atoms with Gasteiger partial charge in [0.2, 0.25) is 5.91 Å². The minimum Gasteiger partial charge on any atom is -0.394 e. The molecule has 0 fully saturated rings. The first-order chi connectivity index (χ1) is 27.6. The topological polar surface area (TPSA) is 89.8 Å². The molecule has 0 aromatic rings. The van der Waals surface area contributed by atoms with Crippen LogP contribution in [0.2, 0.25) is 0 Å². The Bertz CT molecular complexity index is 788. The molecule has 0 saturated heterocycles. The molecule has 3 unspecified atom stereocenters. The van der Waals surface area contributed by atoms with E-state index < -0.39 is 18.2 Å². The van der Waals surface area contributed by atoms with Crippen LogP contribution >= 0.6 is 0 Å². The molecule has 5 heteroatoms. The summed E-state index contributed by atoms with van der Waals surface area (Å²) in [5.41, 5.74) is 0. The van der Waals surface area contributed by atoms with E-state index in [9.17, 15) is 20.1 Å². The number of carbonyl (C=O) groups excluding carboxylic acids is 1. The van der Waals surface area contributed by atoms with E-state index in [1.165, 1.54) is 218 Å². The number of rotatable bonds is 47. The van der Waals surface area contributed by atoms with Gasteiger partial charge in [0.1, 0.15) is 6.10 Å². The van der Waals surface area contributed by atoms with Gasteiger partial charge in [-0.25, -0.2) is 0 Å². The third-order valence-corrected chi connectivity index (χ3v) is 12.1. The predicted octanol–water partition coefficient (Wildman–Crippen LogP) is 15.2. The second-order valence-electron chi connectivity index (χ2n) is 17.7. The first-order valence-electron chi connectivity index (χ1n) is 25.5. The van der Waals surface area contributed by atoms with Crippen LogP contribution in [0.1, 0.15) is 284 Å². The lowest BCUT2D eigenvalue weighted by atomic mass is 10.0. The van der Waals surface area contributed by atoms with E-state index in [0.717, 1.165) is 38.5 Å². The smallest absolute Gasteiger partial charge is 0.220 e. The molecule has 3 atom stereocenters. The number of aliphatic hydroxyl groups is 3. The molecule has 5 nitrogen and oxygen atoms in total. The zero-order chi connectivity index (χ0) is 40.8. The lowest BCUT2D eigenvalue weighted by molar-refractivity contribution is -0.124. The van der Waals surface area contributed by atoms with Crippen molar-refractivity contribution >= 4 is 5.91 Å². The summed E-state index contributed by atoms with van der Waals surface area (Å²) in [7, 11) is 0. The maximum Gasteiger partial charge on any atom is 0.220 e. The maximum atomic E-state index is 12.4. The number of aliphatic hydroxyl groups excluding tert-OH is 3. The fourth-order valence-electron chi connectivity index (χ4n) is 8.17. The maximum absolute atomic E-state index is 12.4. The van der Waals surface area contributed by atoms with Gasteiger partial charge in [0.15, 0.2) is 0 Å². The summed E-state index contributed by atoms with van der Waals surface area (Å²) in [6, 6.07) is -0.820. The van der Waals surface area contributed by atoms with Crippen LogP contribution in [-0.2, 0) is 4.79 Å². The molecule has 0 aliphatic heterocycles. The molecule has 0 bridgehead atoms. The predicted molar refractivity (Wildman–Crippen MR) is 245 cm³/mol. The van der Waals surface area contributed by atoms with E-state index in [2.05, 4.69) is 31.3 Å². The number of hydrogen-bond donors (Lipinski definition) is 4. The average molecular weight is 792 g/mol. The molecule has 0 radical (unpaired) electrons. The zero-order valence-electron chi connectivity index (χ0n) is 38.0. The van der Waals surface area contributed by atoms with Crippen molar-refractivity contribution in [3.8, 4) is 0 Å². The standard InChI is InChI=1S/C51H101NO4/c1-3-5-7-9-11-13-15-16-17-18-19-20-21-22-23-24-25-26-27-28-29-30-31-32-33-34-35-36-38-40-42-44-46-50(55)52-48(47-53)51(56)49(54)45-43-41-39-37-14-12-10-8-6-4-2/h37,39,48-49,51,53-54,56H,3-36,38,40-47H2,1-2H3,(H,52,55)/b39-37+. The van der Waals surface area contributed by atoms with Crippen LogP contribution in [-0.4, -0.2) is 46.1 Å². The van der Waals surface area contributed by atoms with Gasteiger partial charge in [0, 0.05) is 6.42 Å². The number of carbonyl (C=O) groups is 1. The van der Waals surface area contributed by atoms with Gasteiger partial charge in [0.25, 0.3) is 0 Å². The Hall–Kier alpha value is -0.910. The fourth-order valence-corrected chi connectivity index (χ4v) is 8.17. The van der Waals surface area contributed by atoms with Crippen molar-refractivity contribution in [3.05, 3.63) is 12.2 Å². The molecule has 0 heterocycles. The molecule has 4 N–H and O–H groups in total. The van der Waals surface area contributed by atoms with Crippen LogP contribution in [0.5, 0.6) is 0 Å². The van der Waals surface area contributed by atoms with Crippen LogP contribution in [0, 0.1) is 0 Å². The zero-order valence-corrected chi connectivity index (χ0v) is 38.0. The van der Waals surface area contributed by atoms with E-state index in [1.807, 2.05) is 0 Å². The Morgan fingerprint density at radius 1 is 0.429 bits per heavy atom. The lowest BCUT2D eigenvalue weighted by Crippen LogP contribution is -2.50. The minimum atomic E-state index is -1.15. The number of hydrogen-bond acceptors (Lipinski definition) is 4. The third-order valence-electron chi connectivity index (χ3n) is 12.1. The molecule has 56 heavy (non-hydrogen) atoms. The highest BCUT2D eigenvalue weighted by atomic mass is 16.3. The van der Waals surface area contributed by atoms with Gasteiger partial charge in [-0.3, -0.25) is 4.79 Å². The molecule has 334 valence electrons. The fraction of sp³-hybridized carbons (Fsp3) is 0.941. The van der Waals surface area contributed by atoms with Gasteiger partial charge in [0.05, 0.1) is 18.8 Å². The first kappa shape index (κ1) is 55.1. The summed E-state index contributed by atoms with van der Waals surface area (Å²) in [5.74, 6) is -0.150. The van der Waals surface area contributed by atoms with Gasteiger partial charge < -0.3 is 20.6 Å². The Morgan fingerprint density at radius 2 is 0.714 bits per heavy atom. The molecular formula is C51H101NO4. The molecule has 0 aromatic carbocycles. The van der Waals surface area contributed by atoms with E-state index in [4.69, 9.17) is 0 Å². The van der Waals surface area contributed by atoms with Crippen molar-refractivity contribution < 1.29 is 20.1 Å². The van der Waals surface area contributed by atoms with E-state index in [-0.39, 0.29) is 12.5 Å². The Balaban J connectivity index is 3.43. The van der Waals surface area contributed by atoms with Crippen LogP contribution in [0.15, 0.2) is 12.2 Å². The number of nitrogens with one attached hydrogen (secondary N) is 1. The normalized spacial score (nSPS) is 13.4. The molecule has 0 aliphatic carbocycles. The lowest BCUT2D eigenvalue weighted by Gasteiger charge is -2.26. The van der Waals surface area contributed by atoms with Crippen LogP contribution in [0.4, 0.5) is 0 Å². The summed E-state index contributed by atoms with van der Waals surface area (Å²) < 4.78 is 0. The first-order valence-corrected chi connectivity index (χ1v) is 25.5. The van der Waals surface area contributed by atoms with Crippen molar-refractivity contribution in [3.63, 3.8) is 0 Å². The molecule has 0 saturated carbocycles. The summed E-state index contributed by atoms with van der Waals surface area (Å²) in [6.45, 7) is 4.16. The van der Waals surface area contributed by atoms with Crippen LogP contribution in [0.25, 0.3) is 0 Å². The van der Waals surface area contributed by atoms with E-state index in [0.29, 0.717) is 12.8 Å². The Morgan fingerprint density at radius 3 is 1.04 bits per heavy atom. The largest absolute Gasteiger partial charge is 0.394 e. The van der Waals surface area contributed by atoms with E-state index in [1.54, 1.807) is 0 Å². The average Bonchev–Trinajstić information content (AvgIpc) is 3.20. The van der Waals surface area contributed by atoms with Gasteiger partial charge in [-0.05, 0) is 38.5 Å². The second kappa shape index (κ2) is 46.8. The molecule has 0 aromatic heterocycles. The molecule has 0 rings (SSSR count). The molecule has 0 spiro atoms. The van der Waals surface area contributed by atoms with Gasteiger partial charge in [-0.1, -0.05) is 251 Å². The molecule has 1 amide bonds. The molecular weight excluding hydrogens is 691 g/mol. The van der Waals surface area contributed by atoms with Crippen molar-refractivity contribution in [1.29, 1.82) is 0 Å². The highest BCUT2D eigenvalue weighted by Crippen LogP contribution is 2.17. The second-order valence-corrected chi connectivity index (χ2v) is 17.7. The summed E-state index contributed by atoms with van der Waals surface area (Å²) in [6.07, 6.45) is 56.6. The summed E-state index contributed by atoms with van der Waals surface area (Å²) >= 11 is 0. The van der Waals surface area contributed by atoms with Gasteiger partial charge in [-0.2, -0.15) is 0 Å². The van der Waals surface area contributed by atoms with Crippen LogP contribution in [0.3, 0.4) is 0 Å². The van der Waals surface area contributed by atoms with Gasteiger partial charge in [-0.15, -0.1) is 0 Å². The van der Waals surface area contributed by atoms with Crippen LogP contribution < -0.4 is 5.32 Å². The van der Waals surface area contributed by atoms with Gasteiger partial charge >= 0.3 is 0 Å². The highest BCUT2D eigenvalue weighted by molar-refractivity contribution is 5.76.